The van der Waals surface area contributed by atoms with Crippen LogP contribution in [0.4, 0.5) is 0 Å². The van der Waals surface area contributed by atoms with Crippen molar-refractivity contribution in [2.24, 2.45) is 0 Å². The van der Waals surface area contributed by atoms with Gasteiger partial charge >= 0.3 is 0 Å². The first-order valence-corrected chi connectivity index (χ1v) is 6.60. The molecule has 2 aromatic heterocycles. The van der Waals surface area contributed by atoms with E-state index in [4.69, 9.17) is 8.83 Å². The van der Waals surface area contributed by atoms with Crippen molar-refractivity contribution >= 4 is 22.1 Å². The fraction of sp³-hybridized carbons (Fsp3) is 0. The van der Waals surface area contributed by atoms with Crippen molar-refractivity contribution in [3.63, 3.8) is 0 Å². The van der Waals surface area contributed by atoms with Crippen LogP contribution in [0.2, 0.25) is 0 Å². The zero-order chi connectivity index (χ0) is 16.1. The van der Waals surface area contributed by atoms with Gasteiger partial charge in [-0.1, -0.05) is 0 Å². The van der Waals surface area contributed by atoms with Crippen LogP contribution in [-0.4, -0.2) is 20.3 Å². The van der Waals surface area contributed by atoms with E-state index in [1.807, 2.05) is 0 Å². The Hall–Kier alpha value is -3.48. The molecule has 0 unspecified atom stereocenters. The molecule has 0 amide bonds. The maximum atomic E-state index is 12.3. The number of hydrogen-bond donors (Lipinski definition) is 3. The standard InChI is InChI=1S/C16H9NO6/c18-8-4-10(19)13-12(5-8)23-16(15(21)14(13)20)7-1-2-9-11(3-7)22-6-17-9/h1-6,18-19,21H. The first-order chi connectivity index (χ1) is 11.0. The lowest BCUT2D eigenvalue weighted by molar-refractivity contribution is 0.438. The minimum Gasteiger partial charge on any atom is -0.508 e. The van der Waals surface area contributed by atoms with E-state index in [1.165, 1.54) is 12.5 Å². The van der Waals surface area contributed by atoms with Crippen molar-refractivity contribution in [3.05, 3.63) is 46.9 Å². The van der Waals surface area contributed by atoms with Crippen molar-refractivity contribution in [2.45, 2.75) is 0 Å². The van der Waals surface area contributed by atoms with E-state index in [0.29, 0.717) is 16.7 Å². The zero-order valence-electron chi connectivity index (χ0n) is 11.5. The molecule has 7 heteroatoms. The molecule has 0 aliphatic rings. The van der Waals surface area contributed by atoms with Gasteiger partial charge in [0.25, 0.3) is 0 Å². The topological polar surface area (TPSA) is 117 Å². The summed E-state index contributed by atoms with van der Waals surface area (Å²) >= 11 is 0. The third-order valence-electron chi connectivity index (χ3n) is 3.53. The minimum absolute atomic E-state index is 0.0435. The molecule has 0 atom stereocenters. The molecule has 0 aliphatic heterocycles. The number of hydrogen-bond acceptors (Lipinski definition) is 7. The van der Waals surface area contributed by atoms with Crippen LogP contribution in [0.1, 0.15) is 0 Å². The van der Waals surface area contributed by atoms with E-state index in [9.17, 15) is 20.1 Å². The average molecular weight is 311 g/mol. The van der Waals surface area contributed by atoms with Gasteiger partial charge in [-0.25, -0.2) is 4.98 Å². The van der Waals surface area contributed by atoms with Gasteiger partial charge in [0.05, 0.1) is 0 Å². The molecule has 4 aromatic rings. The molecule has 2 heterocycles. The van der Waals surface area contributed by atoms with Crippen molar-refractivity contribution in [1.82, 2.24) is 4.98 Å². The summed E-state index contributed by atoms with van der Waals surface area (Å²) in [5, 5.41) is 29.3. The summed E-state index contributed by atoms with van der Waals surface area (Å²) < 4.78 is 10.7. The molecule has 7 nitrogen and oxygen atoms in total. The summed E-state index contributed by atoms with van der Waals surface area (Å²) in [5.41, 5.74) is 0.637. The Morgan fingerprint density at radius 3 is 2.65 bits per heavy atom. The maximum Gasteiger partial charge on any atom is 0.238 e. The van der Waals surface area contributed by atoms with Crippen molar-refractivity contribution < 1.29 is 24.2 Å². The SMILES string of the molecule is O=c1c(O)c(-c2ccc3ncoc3c2)oc2cc(O)cc(O)c12. The maximum absolute atomic E-state index is 12.3. The molecule has 0 bridgehead atoms. The Morgan fingerprint density at radius 1 is 1.00 bits per heavy atom. The van der Waals surface area contributed by atoms with Gasteiger partial charge in [-0.05, 0) is 18.2 Å². The summed E-state index contributed by atoms with van der Waals surface area (Å²) in [6, 6.07) is 7.01. The van der Waals surface area contributed by atoms with Gasteiger partial charge in [-0.3, -0.25) is 4.79 Å². The van der Waals surface area contributed by atoms with E-state index < -0.39 is 16.9 Å². The summed E-state index contributed by atoms with van der Waals surface area (Å²) in [6.45, 7) is 0. The van der Waals surface area contributed by atoms with Crippen LogP contribution in [0, 0.1) is 0 Å². The van der Waals surface area contributed by atoms with Crippen molar-refractivity contribution in [2.75, 3.05) is 0 Å². The smallest absolute Gasteiger partial charge is 0.238 e. The van der Waals surface area contributed by atoms with E-state index >= 15 is 0 Å². The summed E-state index contributed by atoms with van der Waals surface area (Å²) in [4.78, 5) is 16.3. The van der Waals surface area contributed by atoms with Gasteiger partial charge in [0, 0.05) is 17.7 Å². The highest BCUT2D eigenvalue weighted by Crippen LogP contribution is 2.35. The second kappa shape index (κ2) is 4.51. The van der Waals surface area contributed by atoms with Gasteiger partial charge in [-0.2, -0.15) is 0 Å². The van der Waals surface area contributed by atoms with Crippen LogP contribution in [0.5, 0.6) is 17.2 Å². The first kappa shape index (κ1) is 13.2. The van der Waals surface area contributed by atoms with Gasteiger partial charge in [0.2, 0.25) is 11.2 Å². The second-order valence-electron chi connectivity index (χ2n) is 4.98. The Morgan fingerprint density at radius 2 is 1.83 bits per heavy atom. The molecule has 0 fully saturated rings. The molecule has 4 rings (SSSR count). The highest BCUT2D eigenvalue weighted by Gasteiger charge is 2.19. The molecule has 3 N–H and O–H groups in total. The Kier molecular flexibility index (Phi) is 2.59. The normalized spacial score (nSPS) is 11.3. The molecule has 0 saturated heterocycles. The fourth-order valence-electron chi connectivity index (χ4n) is 2.47. The van der Waals surface area contributed by atoms with Crippen molar-refractivity contribution in [3.8, 4) is 28.6 Å². The third-order valence-corrected chi connectivity index (χ3v) is 3.53. The number of aromatic nitrogens is 1. The molecule has 0 radical (unpaired) electrons. The largest absolute Gasteiger partial charge is 0.508 e. The van der Waals surface area contributed by atoms with E-state index in [2.05, 4.69) is 4.98 Å². The Labute approximate surface area is 127 Å². The molecule has 0 saturated carbocycles. The fourth-order valence-corrected chi connectivity index (χ4v) is 2.47. The lowest BCUT2D eigenvalue weighted by Gasteiger charge is -2.07. The minimum atomic E-state index is -0.795. The molecule has 2 aromatic carbocycles. The number of rotatable bonds is 1. The predicted molar refractivity (Wildman–Crippen MR) is 80.5 cm³/mol. The van der Waals surface area contributed by atoms with Crippen LogP contribution in [0.3, 0.4) is 0 Å². The number of benzene rings is 2. The third kappa shape index (κ3) is 1.90. The first-order valence-electron chi connectivity index (χ1n) is 6.60. The van der Waals surface area contributed by atoms with E-state index in [1.54, 1.807) is 18.2 Å². The van der Waals surface area contributed by atoms with Crippen LogP contribution in [0.25, 0.3) is 33.4 Å². The van der Waals surface area contributed by atoms with Gasteiger partial charge in [-0.15, -0.1) is 0 Å². The summed E-state index contributed by atoms with van der Waals surface area (Å²) in [5.74, 6) is -1.47. The highest BCUT2D eigenvalue weighted by molar-refractivity contribution is 5.89. The van der Waals surface area contributed by atoms with Crippen molar-refractivity contribution in [1.29, 1.82) is 0 Å². The molecule has 0 aliphatic carbocycles. The van der Waals surface area contributed by atoms with Gasteiger partial charge in [0.15, 0.2) is 17.7 Å². The monoisotopic (exact) mass is 311 g/mol. The lowest BCUT2D eigenvalue weighted by atomic mass is 10.1. The quantitative estimate of drug-likeness (QED) is 0.494. The van der Waals surface area contributed by atoms with Crippen LogP contribution in [-0.2, 0) is 0 Å². The van der Waals surface area contributed by atoms with E-state index in [-0.39, 0.29) is 22.5 Å². The van der Waals surface area contributed by atoms with Crippen LogP contribution >= 0.6 is 0 Å². The highest BCUT2D eigenvalue weighted by atomic mass is 16.4. The summed E-state index contributed by atoms with van der Waals surface area (Å²) in [6.07, 6.45) is 1.28. The average Bonchev–Trinajstić information content (AvgIpc) is 2.97. The number of nitrogens with zero attached hydrogens (tertiary/aromatic N) is 1. The summed E-state index contributed by atoms with van der Waals surface area (Å²) in [7, 11) is 0. The number of aromatic hydroxyl groups is 3. The zero-order valence-corrected chi connectivity index (χ0v) is 11.5. The second-order valence-corrected chi connectivity index (χ2v) is 4.98. The van der Waals surface area contributed by atoms with Gasteiger partial charge < -0.3 is 24.2 Å². The number of phenolic OH excluding ortho intramolecular Hbond substituents is 2. The number of oxazole rings is 1. The molecule has 0 spiro atoms. The number of fused-ring (bicyclic) bond motifs is 2. The van der Waals surface area contributed by atoms with E-state index in [0.717, 1.165) is 6.07 Å². The lowest BCUT2D eigenvalue weighted by Crippen LogP contribution is -2.02. The van der Waals surface area contributed by atoms with Gasteiger partial charge in [0.1, 0.15) is 28.0 Å². The molecule has 23 heavy (non-hydrogen) atoms. The Balaban J connectivity index is 2.07. The van der Waals surface area contributed by atoms with Crippen LogP contribution < -0.4 is 5.43 Å². The Bertz CT molecular complexity index is 1120. The molecular weight excluding hydrogens is 302 g/mol. The number of phenols is 2. The molecular formula is C16H9NO6. The molecule has 114 valence electrons. The van der Waals surface area contributed by atoms with Crippen LogP contribution in [0.15, 0.2) is 50.4 Å². The predicted octanol–water partition coefficient (Wildman–Crippen LogP) is 2.72.